The predicted molar refractivity (Wildman–Crippen MR) is 148 cm³/mol. The molecular formula is C31H42O13. The van der Waals surface area contributed by atoms with E-state index in [0.717, 1.165) is 0 Å². The Bertz CT molecular complexity index is 1270. The number of carbonyl (C=O) groups excluding carboxylic acids is 6. The van der Waals surface area contributed by atoms with Gasteiger partial charge in [-0.15, -0.1) is 0 Å². The van der Waals surface area contributed by atoms with E-state index in [9.17, 15) is 28.8 Å². The number of rotatable bonds is 6. The average Bonchev–Trinajstić information content (AvgIpc) is 3.49. The summed E-state index contributed by atoms with van der Waals surface area (Å²) in [7, 11) is 0. The van der Waals surface area contributed by atoms with Gasteiger partial charge in [-0.1, -0.05) is 26.3 Å². The highest BCUT2D eigenvalue weighted by atomic mass is 16.7. The van der Waals surface area contributed by atoms with Gasteiger partial charge < -0.3 is 33.2 Å². The van der Waals surface area contributed by atoms with Gasteiger partial charge in [-0.3, -0.25) is 24.0 Å². The average molecular weight is 623 g/mol. The van der Waals surface area contributed by atoms with Gasteiger partial charge in [0, 0.05) is 58.8 Å². The van der Waals surface area contributed by atoms with Crippen molar-refractivity contribution in [3.05, 3.63) is 11.6 Å². The quantitative estimate of drug-likeness (QED) is 0.183. The third-order valence-electron chi connectivity index (χ3n) is 9.58. The second-order valence-corrected chi connectivity index (χ2v) is 12.6. The third kappa shape index (κ3) is 5.48. The summed E-state index contributed by atoms with van der Waals surface area (Å²) in [5, 5.41) is 0. The fourth-order valence-electron chi connectivity index (χ4n) is 7.71. The van der Waals surface area contributed by atoms with Crippen LogP contribution < -0.4 is 0 Å². The van der Waals surface area contributed by atoms with Crippen molar-refractivity contribution in [3.8, 4) is 0 Å². The molecule has 0 aromatic rings. The lowest BCUT2D eigenvalue weighted by Gasteiger charge is -2.57. The number of ether oxygens (including phenoxy) is 7. The minimum atomic E-state index is -1.52. The molecule has 4 aliphatic rings. The van der Waals surface area contributed by atoms with Crippen molar-refractivity contribution in [3.63, 3.8) is 0 Å². The maximum atomic E-state index is 13.2. The third-order valence-corrected chi connectivity index (χ3v) is 9.58. The first kappa shape index (κ1) is 33.4. The van der Waals surface area contributed by atoms with Crippen LogP contribution in [0.15, 0.2) is 11.6 Å². The van der Waals surface area contributed by atoms with Crippen LogP contribution in [0.5, 0.6) is 0 Å². The Morgan fingerprint density at radius 1 is 0.864 bits per heavy atom. The highest BCUT2D eigenvalue weighted by molar-refractivity contribution is 5.89. The van der Waals surface area contributed by atoms with E-state index in [-0.39, 0.29) is 19.3 Å². The van der Waals surface area contributed by atoms with Crippen LogP contribution in [0.1, 0.15) is 81.6 Å². The summed E-state index contributed by atoms with van der Waals surface area (Å²) in [6.45, 7) is 13.2. The molecule has 2 aliphatic heterocycles. The maximum absolute atomic E-state index is 13.2. The van der Waals surface area contributed by atoms with E-state index in [1.165, 1.54) is 27.7 Å². The minimum Gasteiger partial charge on any atom is -0.462 e. The molecule has 1 spiro atoms. The lowest BCUT2D eigenvalue weighted by atomic mass is 9.52. The van der Waals surface area contributed by atoms with E-state index >= 15 is 0 Å². The summed E-state index contributed by atoms with van der Waals surface area (Å²) in [5.74, 6) is -5.54. The number of hydrogen-bond donors (Lipinski definition) is 0. The van der Waals surface area contributed by atoms with Gasteiger partial charge in [-0.25, -0.2) is 4.79 Å². The number of epoxide rings is 1. The predicted octanol–water partition coefficient (Wildman–Crippen LogP) is 2.50. The molecule has 13 nitrogen and oxygen atoms in total. The Morgan fingerprint density at radius 3 is 1.95 bits per heavy atom. The zero-order valence-corrected chi connectivity index (χ0v) is 26.6. The molecule has 44 heavy (non-hydrogen) atoms. The molecule has 2 heterocycles. The first-order valence-corrected chi connectivity index (χ1v) is 14.9. The molecule has 0 aromatic heterocycles. The van der Waals surface area contributed by atoms with Crippen molar-refractivity contribution in [1.29, 1.82) is 0 Å². The minimum absolute atomic E-state index is 0.00433. The van der Waals surface area contributed by atoms with Gasteiger partial charge in [0.2, 0.25) is 0 Å². The first-order valence-electron chi connectivity index (χ1n) is 14.9. The van der Waals surface area contributed by atoms with Gasteiger partial charge in [0.25, 0.3) is 0 Å². The van der Waals surface area contributed by atoms with Crippen LogP contribution in [-0.2, 0) is 61.9 Å². The summed E-state index contributed by atoms with van der Waals surface area (Å²) in [6.07, 6.45) is -4.86. The second kappa shape index (κ2) is 11.8. The molecule has 1 saturated carbocycles. The van der Waals surface area contributed by atoms with Gasteiger partial charge in [-0.2, -0.15) is 0 Å². The molecule has 0 N–H and O–H groups in total. The molecule has 0 bridgehead atoms. The van der Waals surface area contributed by atoms with Gasteiger partial charge >= 0.3 is 35.8 Å². The highest BCUT2D eigenvalue weighted by Crippen LogP contribution is 2.66. The number of fused-ring (bicyclic) bond motifs is 1. The molecule has 1 unspecified atom stereocenters. The highest BCUT2D eigenvalue weighted by Gasteiger charge is 2.87. The molecule has 13 heteroatoms. The Hall–Kier alpha value is -3.48. The number of esters is 6. The smallest absolute Gasteiger partial charge is 0.342 e. The standard InChI is InChI=1S/C31H42O13/c1-10-24(36)42-20-13-22(39-17(5)33)29(8)25(15(20)3)27(41-19(7)35)31-23(43-28(37)30(31,9)44-31)12-14(2)11-21(38-16(4)32)26(29)40-18(6)34/h12,15,20-23,25-27H,10-11,13H2,1-9H3/b14-12-/t15-,20-,21-,22-,23-,25+,26+,27?,29-,30-,31-/m0/s1. The molecule has 0 aromatic carbocycles. The van der Waals surface area contributed by atoms with Crippen molar-refractivity contribution < 1.29 is 61.9 Å². The molecule has 11 atom stereocenters. The normalized spacial score (nSPS) is 42.0. The monoisotopic (exact) mass is 622 g/mol. The first-order chi connectivity index (χ1) is 20.4. The molecule has 3 fully saturated rings. The van der Waals surface area contributed by atoms with Crippen molar-refractivity contribution in [2.24, 2.45) is 17.3 Å². The van der Waals surface area contributed by atoms with E-state index < -0.39 is 101 Å². The second-order valence-electron chi connectivity index (χ2n) is 12.6. The molecule has 2 saturated heterocycles. The van der Waals surface area contributed by atoms with Crippen molar-refractivity contribution >= 4 is 35.8 Å². The summed E-state index contributed by atoms with van der Waals surface area (Å²) in [5.41, 5.74) is -3.90. The SMILES string of the molecule is CCC(=O)O[C@H]1C[C@H](OC(C)=O)[C@]2(C)[C@H](OC(C)=O)[C@@H](OC(C)=O)C/C(C)=C\[C@@H]3OC(=O)[C@]4(C)O[C@]34C(OC(C)=O)[C@H]2[C@H]1C. The van der Waals surface area contributed by atoms with Crippen LogP contribution in [0, 0.1) is 17.3 Å². The molecule has 0 radical (unpaired) electrons. The van der Waals surface area contributed by atoms with Crippen molar-refractivity contribution in [2.75, 3.05) is 0 Å². The van der Waals surface area contributed by atoms with Crippen molar-refractivity contribution in [2.45, 2.75) is 129 Å². The van der Waals surface area contributed by atoms with Gasteiger partial charge in [0.15, 0.2) is 17.3 Å². The van der Waals surface area contributed by atoms with Crippen molar-refractivity contribution in [1.82, 2.24) is 0 Å². The summed E-state index contributed by atoms with van der Waals surface area (Å²) in [4.78, 5) is 76.5. The Morgan fingerprint density at radius 2 is 1.43 bits per heavy atom. The van der Waals surface area contributed by atoms with E-state index in [1.807, 2.05) is 0 Å². The van der Waals surface area contributed by atoms with E-state index in [2.05, 4.69) is 0 Å². The van der Waals surface area contributed by atoms with Crippen LogP contribution in [0.3, 0.4) is 0 Å². The molecule has 2 aliphatic carbocycles. The molecular weight excluding hydrogens is 580 g/mol. The number of hydrogen-bond acceptors (Lipinski definition) is 13. The van der Waals surface area contributed by atoms with E-state index in [1.54, 1.807) is 40.7 Å². The topological polar surface area (TPSA) is 170 Å². The van der Waals surface area contributed by atoms with E-state index in [4.69, 9.17) is 33.2 Å². The summed E-state index contributed by atoms with van der Waals surface area (Å²) < 4.78 is 41.7. The van der Waals surface area contributed by atoms with Crippen LogP contribution >= 0.6 is 0 Å². The van der Waals surface area contributed by atoms with Gasteiger partial charge in [0.1, 0.15) is 30.5 Å². The Kier molecular flexibility index (Phi) is 8.95. The fraction of sp³-hybridized carbons (Fsp3) is 0.742. The summed E-state index contributed by atoms with van der Waals surface area (Å²) >= 11 is 0. The Balaban J connectivity index is 2.08. The lowest BCUT2D eigenvalue weighted by Crippen LogP contribution is -2.68. The largest absolute Gasteiger partial charge is 0.462 e. The number of carbonyl (C=O) groups is 6. The zero-order valence-electron chi connectivity index (χ0n) is 26.6. The molecule has 0 amide bonds. The summed E-state index contributed by atoms with van der Waals surface area (Å²) in [6, 6.07) is 0. The van der Waals surface area contributed by atoms with Crippen LogP contribution in [0.2, 0.25) is 0 Å². The van der Waals surface area contributed by atoms with Crippen LogP contribution in [-0.4, -0.2) is 83.6 Å². The molecule has 244 valence electrons. The maximum Gasteiger partial charge on any atom is 0.342 e. The van der Waals surface area contributed by atoms with Gasteiger partial charge in [0.05, 0.1) is 5.41 Å². The fourth-order valence-corrected chi connectivity index (χ4v) is 7.71. The molecule has 4 rings (SSSR count). The van der Waals surface area contributed by atoms with Crippen LogP contribution in [0.4, 0.5) is 0 Å². The van der Waals surface area contributed by atoms with Gasteiger partial charge in [-0.05, 0) is 19.9 Å². The van der Waals surface area contributed by atoms with E-state index in [0.29, 0.717) is 5.57 Å². The lowest BCUT2D eigenvalue weighted by molar-refractivity contribution is -0.247. The van der Waals surface area contributed by atoms with Crippen LogP contribution in [0.25, 0.3) is 0 Å². The Labute approximate surface area is 256 Å². The zero-order chi connectivity index (χ0) is 32.9.